The number of hydrogen-bond acceptors (Lipinski definition) is 4. The lowest BCUT2D eigenvalue weighted by atomic mass is 10.1. The van der Waals surface area contributed by atoms with E-state index in [1.165, 1.54) is 0 Å². The number of aliphatic imine (C=N–C) groups is 1. The Morgan fingerprint density at radius 3 is 2.45 bits per heavy atom. The molecule has 3 rings (SSSR count). The van der Waals surface area contributed by atoms with Crippen molar-refractivity contribution in [3.63, 3.8) is 0 Å². The zero-order chi connectivity index (χ0) is 24.0. The van der Waals surface area contributed by atoms with Gasteiger partial charge in [0.15, 0.2) is 0 Å². The summed E-state index contributed by atoms with van der Waals surface area (Å²) in [5.41, 5.74) is 3.83. The van der Waals surface area contributed by atoms with Crippen molar-refractivity contribution in [1.82, 2.24) is 9.78 Å². The van der Waals surface area contributed by atoms with Gasteiger partial charge in [0.2, 0.25) is 0 Å². The standard InChI is InChI=1S/C25H26ClN5O2/c1-5-8-19(16(2)27-3)24(32)28-18-13-11-17(12-14-18)22-15-23(31(4)30-22)29-25(33)20-9-6-7-10-21(20)26/h6-15H,5H2,1-4H3,(H,28,32)(H,29,33)/b19-8+,27-16?. The molecule has 0 radical (unpaired) electrons. The van der Waals surface area contributed by atoms with Crippen LogP contribution in [0.3, 0.4) is 0 Å². The van der Waals surface area contributed by atoms with Crippen molar-refractivity contribution in [3.05, 3.63) is 76.8 Å². The minimum absolute atomic E-state index is 0.199. The maximum atomic E-state index is 12.6. The number of anilines is 2. The number of halogens is 1. The van der Waals surface area contributed by atoms with Gasteiger partial charge >= 0.3 is 0 Å². The second-order valence-electron chi connectivity index (χ2n) is 7.34. The molecule has 2 N–H and O–H groups in total. The highest BCUT2D eigenvalue weighted by Crippen LogP contribution is 2.24. The molecular weight excluding hydrogens is 438 g/mol. The zero-order valence-electron chi connectivity index (χ0n) is 19.0. The van der Waals surface area contributed by atoms with E-state index in [9.17, 15) is 9.59 Å². The fraction of sp³-hybridized carbons (Fsp3) is 0.200. The van der Waals surface area contributed by atoms with E-state index in [2.05, 4.69) is 20.7 Å². The number of nitrogens with zero attached hydrogens (tertiary/aromatic N) is 3. The van der Waals surface area contributed by atoms with E-state index in [1.54, 1.807) is 49.1 Å². The first-order valence-corrected chi connectivity index (χ1v) is 10.9. The smallest absolute Gasteiger partial charge is 0.258 e. The maximum Gasteiger partial charge on any atom is 0.258 e. The van der Waals surface area contributed by atoms with Gasteiger partial charge in [-0.1, -0.05) is 48.9 Å². The molecule has 3 aromatic rings. The van der Waals surface area contributed by atoms with Gasteiger partial charge in [0.25, 0.3) is 11.8 Å². The largest absolute Gasteiger partial charge is 0.322 e. The summed E-state index contributed by atoms with van der Waals surface area (Å²) in [5, 5.41) is 10.6. The van der Waals surface area contributed by atoms with Gasteiger partial charge in [0, 0.05) is 37.1 Å². The number of nitrogens with one attached hydrogen (secondary N) is 2. The van der Waals surface area contributed by atoms with Crippen LogP contribution in [0.4, 0.5) is 11.5 Å². The monoisotopic (exact) mass is 463 g/mol. The lowest BCUT2D eigenvalue weighted by molar-refractivity contribution is -0.112. The van der Waals surface area contributed by atoms with Gasteiger partial charge < -0.3 is 10.6 Å². The maximum absolute atomic E-state index is 12.6. The highest BCUT2D eigenvalue weighted by Gasteiger charge is 2.15. The van der Waals surface area contributed by atoms with E-state index in [1.807, 2.05) is 44.2 Å². The van der Waals surface area contributed by atoms with E-state index < -0.39 is 0 Å². The van der Waals surface area contributed by atoms with Crippen LogP contribution in [0.1, 0.15) is 30.6 Å². The van der Waals surface area contributed by atoms with Crippen molar-refractivity contribution in [1.29, 1.82) is 0 Å². The van der Waals surface area contributed by atoms with Gasteiger partial charge in [-0.25, -0.2) is 0 Å². The second kappa shape index (κ2) is 10.7. The number of benzene rings is 2. The summed E-state index contributed by atoms with van der Waals surface area (Å²) in [4.78, 5) is 29.3. The molecule has 2 aromatic carbocycles. The lowest BCUT2D eigenvalue weighted by Crippen LogP contribution is -2.19. The molecule has 33 heavy (non-hydrogen) atoms. The summed E-state index contributed by atoms with van der Waals surface area (Å²) in [6, 6.07) is 16.0. The van der Waals surface area contributed by atoms with Crippen LogP contribution in [0, 0.1) is 0 Å². The Labute approximate surface area is 198 Å². The normalized spacial score (nSPS) is 11.9. The molecule has 0 atom stereocenters. The van der Waals surface area contributed by atoms with Crippen molar-refractivity contribution >= 4 is 40.6 Å². The number of carbonyl (C=O) groups excluding carboxylic acids is 2. The topological polar surface area (TPSA) is 88.4 Å². The summed E-state index contributed by atoms with van der Waals surface area (Å²) in [6.07, 6.45) is 2.60. The Bertz CT molecular complexity index is 1230. The molecule has 0 spiro atoms. The van der Waals surface area contributed by atoms with E-state index in [0.29, 0.717) is 39.1 Å². The number of rotatable bonds is 7. The minimum atomic E-state index is -0.310. The van der Waals surface area contributed by atoms with Crippen LogP contribution in [0.15, 0.2) is 71.2 Å². The van der Waals surface area contributed by atoms with Crippen molar-refractivity contribution in [2.24, 2.45) is 12.0 Å². The van der Waals surface area contributed by atoms with E-state index in [-0.39, 0.29) is 11.8 Å². The summed E-state index contributed by atoms with van der Waals surface area (Å²) in [5.74, 6) is 0.0288. The second-order valence-corrected chi connectivity index (χ2v) is 7.75. The number of carbonyl (C=O) groups is 2. The van der Waals surface area contributed by atoms with Gasteiger partial charge in [-0.15, -0.1) is 0 Å². The van der Waals surface area contributed by atoms with Gasteiger partial charge in [-0.05, 0) is 37.6 Å². The van der Waals surface area contributed by atoms with Crippen molar-refractivity contribution in [2.45, 2.75) is 20.3 Å². The molecule has 170 valence electrons. The summed E-state index contributed by atoms with van der Waals surface area (Å²) >= 11 is 6.12. The fourth-order valence-electron chi connectivity index (χ4n) is 3.21. The molecule has 1 heterocycles. The van der Waals surface area contributed by atoms with E-state index in [0.717, 1.165) is 12.0 Å². The minimum Gasteiger partial charge on any atom is -0.322 e. The van der Waals surface area contributed by atoms with E-state index >= 15 is 0 Å². The molecule has 0 fully saturated rings. The zero-order valence-corrected chi connectivity index (χ0v) is 19.8. The van der Waals surface area contributed by atoms with Gasteiger partial charge in [-0.3, -0.25) is 19.3 Å². The van der Waals surface area contributed by atoms with Crippen LogP contribution >= 0.6 is 11.6 Å². The average molecular weight is 464 g/mol. The Balaban J connectivity index is 1.74. The molecular formula is C25H26ClN5O2. The third-order valence-electron chi connectivity index (χ3n) is 5.06. The lowest BCUT2D eigenvalue weighted by Gasteiger charge is -2.09. The van der Waals surface area contributed by atoms with Crippen molar-refractivity contribution in [3.8, 4) is 11.3 Å². The summed E-state index contributed by atoms with van der Waals surface area (Å²) < 4.78 is 1.59. The van der Waals surface area contributed by atoms with Gasteiger partial charge in [0.05, 0.1) is 21.9 Å². The highest BCUT2D eigenvalue weighted by atomic mass is 35.5. The van der Waals surface area contributed by atoms with Crippen LogP contribution in [-0.4, -0.2) is 34.4 Å². The number of amides is 2. The van der Waals surface area contributed by atoms with Crippen LogP contribution in [0.25, 0.3) is 11.3 Å². The molecule has 0 saturated heterocycles. The van der Waals surface area contributed by atoms with Gasteiger partial charge in [0.1, 0.15) is 5.82 Å². The molecule has 1 aromatic heterocycles. The Morgan fingerprint density at radius 1 is 1.12 bits per heavy atom. The first-order valence-electron chi connectivity index (χ1n) is 10.5. The quantitative estimate of drug-likeness (QED) is 0.365. The number of allylic oxidation sites excluding steroid dienone is 1. The predicted molar refractivity (Wildman–Crippen MR) is 134 cm³/mol. The van der Waals surface area contributed by atoms with E-state index in [4.69, 9.17) is 11.6 Å². The van der Waals surface area contributed by atoms with Crippen LogP contribution in [0.5, 0.6) is 0 Å². The molecule has 0 saturated carbocycles. The Kier molecular flexibility index (Phi) is 7.79. The molecule has 0 unspecified atom stereocenters. The molecule has 0 bridgehead atoms. The summed E-state index contributed by atoms with van der Waals surface area (Å²) in [6.45, 7) is 3.79. The molecule has 0 aliphatic carbocycles. The van der Waals surface area contributed by atoms with Crippen molar-refractivity contribution < 1.29 is 9.59 Å². The Morgan fingerprint density at radius 2 is 1.82 bits per heavy atom. The summed E-state index contributed by atoms with van der Waals surface area (Å²) in [7, 11) is 3.42. The molecule has 7 nitrogen and oxygen atoms in total. The Hall–Kier alpha value is -3.71. The first-order chi connectivity index (χ1) is 15.8. The first kappa shape index (κ1) is 23.9. The SMILES string of the molecule is CC/C=C(/C(=O)Nc1ccc(-c2cc(NC(=O)c3ccccc3Cl)n(C)n2)cc1)C(C)=NC. The molecule has 0 aliphatic heterocycles. The number of aryl methyl sites for hydroxylation is 1. The third-order valence-corrected chi connectivity index (χ3v) is 5.39. The van der Waals surface area contributed by atoms with Gasteiger partial charge in [-0.2, -0.15) is 5.10 Å². The molecule has 2 amide bonds. The fourth-order valence-corrected chi connectivity index (χ4v) is 3.43. The number of hydrogen-bond donors (Lipinski definition) is 2. The third kappa shape index (κ3) is 5.75. The van der Waals surface area contributed by atoms with Crippen LogP contribution in [0.2, 0.25) is 5.02 Å². The molecule has 0 aliphatic rings. The average Bonchev–Trinajstić information content (AvgIpc) is 3.17. The van der Waals surface area contributed by atoms with Crippen molar-refractivity contribution in [2.75, 3.05) is 17.7 Å². The molecule has 8 heteroatoms. The predicted octanol–water partition coefficient (Wildman–Crippen LogP) is 5.36. The number of aromatic nitrogens is 2. The van der Waals surface area contributed by atoms with Crippen LogP contribution in [-0.2, 0) is 11.8 Å². The van der Waals surface area contributed by atoms with Crippen LogP contribution < -0.4 is 10.6 Å². The highest BCUT2D eigenvalue weighted by molar-refractivity contribution is 6.34.